The maximum atomic E-state index is 4.40. The van der Waals surface area contributed by atoms with Crippen molar-refractivity contribution in [2.75, 3.05) is 13.1 Å². The Morgan fingerprint density at radius 2 is 0.847 bits per heavy atom. The lowest BCUT2D eigenvalue weighted by Crippen LogP contribution is -2.49. The van der Waals surface area contributed by atoms with Gasteiger partial charge in [-0.25, -0.2) is 0 Å². The molecule has 59 heavy (non-hydrogen) atoms. The lowest BCUT2D eigenvalue weighted by atomic mass is 9.47. The van der Waals surface area contributed by atoms with Gasteiger partial charge in [0.1, 0.15) is 8.07 Å². The van der Waals surface area contributed by atoms with E-state index in [1.165, 1.54) is 35.1 Å². The van der Waals surface area contributed by atoms with E-state index in [9.17, 15) is 0 Å². The Hall–Kier alpha value is -5.26. The van der Waals surface area contributed by atoms with E-state index in [0.717, 1.165) is 61.2 Å². The van der Waals surface area contributed by atoms with Crippen LogP contribution in [-0.2, 0) is 0 Å². The predicted molar refractivity (Wildman–Crippen MR) is 248 cm³/mol. The first-order valence-corrected chi connectivity index (χ1v) is 24.4. The number of allylic oxidation sites excluding steroid dienone is 12. The van der Waals surface area contributed by atoms with Crippen LogP contribution in [0.4, 0.5) is 5.69 Å². The van der Waals surface area contributed by atoms with Gasteiger partial charge in [-0.15, -0.1) is 10.7 Å². The Balaban J connectivity index is 1.09. The zero-order valence-corrected chi connectivity index (χ0v) is 37.5. The average Bonchev–Trinajstić information content (AvgIpc) is 3.77. The monoisotopic (exact) mass is 789 g/mol. The standard InChI is InChI=1S/C55H59N3Si/c1-9-58(10-2)57-56-47-26-21-46(22-27-47)25-29-49-48(52-32-11-12-33-53(49,52)37-15-36-52)28-23-44-17-19-45(20-18-44)24-30-50-51(31-40-59(41(3)4,42(5)6)43(7)8)55-35-14-13-34-54(50,55)38-16-39-55/h11-14,17-22,26-27,32-35,41-43H,9-10,15-16,36-39H2,1-8H3/t52-,53+,54+,55-/m1/s1. The number of benzene rings is 2. The molecular formula is C55H59N3Si. The lowest BCUT2D eigenvalue weighted by molar-refractivity contribution is 0.232. The van der Waals surface area contributed by atoms with Crippen LogP contribution < -0.4 is 0 Å². The highest BCUT2D eigenvalue weighted by atomic mass is 28.3. The van der Waals surface area contributed by atoms with E-state index < -0.39 is 8.07 Å². The maximum absolute atomic E-state index is 4.40. The van der Waals surface area contributed by atoms with E-state index >= 15 is 0 Å². The summed E-state index contributed by atoms with van der Waals surface area (Å²) in [5.41, 5.74) is 14.4. The van der Waals surface area contributed by atoms with Gasteiger partial charge in [0.25, 0.3) is 0 Å². The lowest BCUT2D eigenvalue weighted by Gasteiger charge is -2.54. The van der Waals surface area contributed by atoms with Crippen molar-refractivity contribution in [3.05, 3.63) is 136 Å². The molecule has 2 aromatic carbocycles. The van der Waals surface area contributed by atoms with Gasteiger partial charge in [0.2, 0.25) is 0 Å². The zero-order chi connectivity index (χ0) is 41.5. The largest absolute Gasteiger partial charge is 0.279 e. The van der Waals surface area contributed by atoms with Gasteiger partial charge in [-0.2, -0.15) is 0 Å². The van der Waals surface area contributed by atoms with Crippen molar-refractivity contribution in [3.8, 4) is 47.0 Å². The molecule has 0 unspecified atom stereocenters. The van der Waals surface area contributed by atoms with Crippen LogP contribution in [0.2, 0.25) is 16.6 Å². The summed E-state index contributed by atoms with van der Waals surface area (Å²) in [5.74, 6) is 25.6. The van der Waals surface area contributed by atoms with Crippen LogP contribution in [0.25, 0.3) is 0 Å². The maximum Gasteiger partial charge on any atom is 0.146 e. The van der Waals surface area contributed by atoms with Crippen molar-refractivity contribution in [3.63, 3.8) is 0 Å². The topological polar surface area (TPSA) is 28.0 Å². The minimum Gasteiger partial charge on any atom is -0.279 e. The smallest absolute Gasteiger partial charge is 0.146 e. The van der Waals surface area contributed by atoms with E-state index in [2.05, 4.69) is 186 Å². The fourth-order valence-corrected chi connectivity index (χ4v) is 17.1. The predicted octanol–water partition coefficient (Wildman–Crippen LogP) is 13.2. The first-order chi connectivity index (χ1) is 28.5. The minimum atomic E-state index is -1.89. The molecule has 4 heteroatoms. The van der Waals surface area contributed by atoms with Crippen LogP contribution in [0.5, 0.6) is 0 Å². The summed E-state index contributed by atoms with van der Waals surface area (Å²) >= 11 is 0. The molecule has 2 fully saturated rings. The Morgan fingerprint density at radius 3 is 1.19 bits per heavy atom. The molecule has 6 aliphatic rings. The molecule has 3 nitrogen and oxygen atoms in total. The number of nitrogens with zero attached hydrogens (tertiary/aromatic N) is 3. The number of hydrogen-bond acceptors (Lipinski definition) is 2. The average molecular weight is 790 g/mol. The van der Waals surface area contributed by atoms with Gasteiger partial charge in [0.05, 0.1) is 5.69 Å². The molecule has 2 aromatic rings. The summed E-state index contributed by atoms with van der Waals surface area (Å²) < 4.78 is 0. The molecule has 4 atom stereocenters. The Morgan fingerprint density at radius 1 is 0.508 bits per heavy atom. The highest BCUT2D eigenvalue weighted by Crippen LogP contribution is 2.72. The molecule has 298 valence electrons. The van der Waals surface area contributed by atoms with Crippen molar-refractivity contribution < 1.29 is 0 Å². The fourth-order valence-electron chi connectivity index (χ4n) is 11.9. The molecule has 0 spiro atoms. The molecule has 0 bridgehead atoms. The van der Waals surface area contributed by atoms with E-state index in [-0.39, 0.29) is 21.7 Å². The second-order valence-corrected chi connectivity index (χ2v) is 24.0. The normalized spacial score (nSPS) is 26.8. The van der Waals surface area contributed by atoms with E-state index in [1.54, 1.807) is 0 Å². The molecule has 0 heterocycles. The van der Waals surface area contributed by atoms with Crippen LogP contribution in [0.15, 0.2) is 130 Å². The van der Waals surface area contributed by atoms with Gasteiger partial charge in [-0.05, 0) is 105 Å². The molecule has 2 saturated carbocycles. The fraction of sp³-hybridized carbons (Fsp3) is 0.418. The third kappa shape index (κ3) is 6.30. The Labute approximate surface area is 356 Å². The quantitative estimate of drug-likeness (QED) is 0.119. The van der Waals surface area contributed by atoms with Crippen LogP contribution in [0.1, 0.15) is 111 Å². The SMILES string of the molecule is CCN(CC)N=Nc1ccc(C#CC2=C(C#Cc3ccc(C#CC4=C(C#C[Si](C(C)C)(C(C)C)C(C)C)[C@]56C=CC=C[C@]45CCC6)cc3)[C@]34C=CC=C[C@]23CCC4)cc1. The number of rotatable bonds is 7. The minimum absolute atomic E-state index is 0.00489. The van der Waals surface area contributed by atoms with Gasteiger partial charge < -0.3 is 0 Å². The molecule has 8 rings (SSSR count). The van der Waals surface area contributed by atoms with Gasteiger partial charge in [-0.3, -0.25) is 5.01 Å². The Bertz CT molecular complexity index is 2470. The Kier molecular flexibility index (Phi) is 10.8. The van der Waals surface area contributed by atoms with E-state index in [1.807, 2.05) is 29.3 Å². The zero-order valence-electron chi connectivity index (χ0n) is 36.5. The van der Waals surface area contributed by atoms with Crippen LogP contribution in [0, 0.1) is 68.6 Å². The third-order valence-corrected chi connectivity index (χ3v) is 21.2. The number of hydrogen-bond donors (Lipinski definition) is 0. The van der Waals surface area contributed by atoms with Crippen molar-refractivity contribution in [2.24, 2.45) is 32.0 Å². The summed E-state index contributed by atoms with van der Waals surface area (Å²) in [6.07, 6.45) is 25.4. The van der Waals surface area contributed by atoms with Crippen LogP contribution in [0.3, 0.4) is 0 Å². The van der Waals surface area contributed by atoms with Crippen molar-refractivity contribution in [1.82, 2.24) is 5.01 Å². The molecule has 0 saturated heterocycles. The molecule has 0 aromatic heterocycles. The third-order valence-electron chi connectivity index (χ3n) is 14.9. The molecule has 6 aliphatic carbocycles. The second-order valence-electron chi connectivity index (χ2n) is 18.4. The van der Waals surface area contributed by atoms with Gasteiger partial charge in [0.15, 0.2) is 0 Å². The van der Waals surface area contributed by atoms with Crippen LogP contribution >= 0.6 is 0 Å². The van der Waals surface area contributed by atoms with Crippen molar-refractivity contribution in [2.45, 2.75) is 111 Å². The highest BCUT2D eigenvalue weighted by molar-refractivity contribution is 6.90. The molecule has 0 amide bonds. The van der Waals surface area contributed by atoms with Gasteiger partial charge in [0, 0.05) is 73.7 Å². The molecule has 0 aliphatic heterocycles. The highest BCUT2D eigenvalue weighted by Gasteiger charge is 2.65. The van der Waals surface area contributed by atoms with Crippen molar-refractivity contribution >= 4 is 13.8 Å². The van der Waals surface area contributed by atoms with Crippen LogP contribution in [-0.4, -0.2) is 26.2 Å². The first-order valence-electron chi connectivity index (χ1n) is 22.2. The molecular weight excluding hydrogens is 731 g/mol. The summed E-state index contributed by atoms with van der Waals surface area (Å²) in [6.45, 7) is 20.2. The van der Waals surface area contributed by atoms with Crippen molar-refractivity contribution in [1.29, 1.82) is 0 Å². The van der Waals surface area contributed by atoms with Gasteiger partial charge >= 0.3 is 0 Å². The van der Waals surface area contributed by atoms with E-state index in [4.69, 9.17) is 0 Å². The summed E-state index contributed by atoms with van der Waals surface area (Å²) in [4.78, 5) is 0. The first kappa shape index (κ1) is 40.5. The molecule has 0 N–H and O–H groups in total. The summed E-state index contributed by atoms with van der Waals surface area (Å²) in [6, 6.07) is 16.6. The summed E-state index contributed by atoms with van der Waals surface area (Å²) in [7, 11) is -1.89. The molecule has 0 radical (unpaired) electrons. The second kappa shape index (κ2) is 15.7. The van der Waals surface area contributed by atoms with Gasteiger partial charge in [-0.1, -0.05) is 150 Å². The summed E-state index contributed by atoms with van der Waals surface area (Å²) in [5, 5.41) is 10.7. The van der Waals surface area contributed by atoms with E-state index in [0.29, 0.717) is 16.6 Å².